The largest absolute Gasteiger partial charge is 0.462 e. The van der Waals surface area contributed by atoms with Crippen LogP contribution in [0.1, 0.15) is 98.6 Å². The minimum Gasteiger partial charge on any atom is -0.462 e. The summed E-state index contributed by atoms with van der Waals surface area (Å²) in [5.74, 6) is 0.0108. The van der Waals surface area contributed by atoms with Gasteiger partial charge in [-0.15, -0.1) is 5.10 Å². The molecule has 0 aliphatic carbocycles. The van der Waals surface area contributed by atoms with Crippen molar-refractivity contribution in [3.05, 3.63) is 35.7 Å². The zero-order valence-corrected chi connectivity index (χ0v) is 30.5. The number of rotatable bonds is 12. The molecule has 0 amide bonds. The number of methoxy groups -OCH3 is 2. The Bertz CT molecular complexity index is 1190. The van der Waals surface area contributed by atoms with E-state index in [1.54, 1.807) is 13.0 Å². The summed E-state index contributed by atoms with van der Waals surface area (Å²) in [4.78, 5) is 26.5. The maximum atomic E-state index is 13.3. The first-order valence-electron chi connectivity index (χ1n) is 18.0. The fourth-order valence-corrected chi connectivity index (χ4v) is 6.81. The van der Waals surface area contributed by atoms with Crippen LogP contribution in [0.4, 0.5) is 0 Å². The van der Waals surface area contributed by atoms with Gasteiger partial charge in [-0.2, -0.15) is 0 Å². The molecule has 0 aromatic carbocycles. The number of aryl methyl sites for hydroxylation is 2. The first-order valence-corrected chi connectivity index (χ1v) is 18.0. The Balaban J connectivity index is 1.76. The molecule has 1 fully saturated rings. The zero-order chi connectivity index (χ0) is 35.2. The Kier molecular flexibility index (Phi) is 16.9. The molecule has 0 bridgehead atoms. The molecule has 2 aliphatic heterocycles. The van der Waals surface area contributed by atoms with Gasteiger partial charge >= 0.3 is 5.97 Å². The average molecular weight is 676 g/mol. The molecule has 1 N–H and O–H groups in total. The van der Waals surface area contributed by atoms with Gasteiger partial charge in [-0.1, -0.05) is 57.1 Å². The highest BCUT2D eigenvalue weighted by Gasteiger charge is 2.45. The minimum atomic E-state index is -0.867. The molecule has 11 heteroatoms. The molecule has 48 heavy (non-hydrogen) atoms. The molecule has 2 aliphatic rings. The molecule has 272 valence electrons. The first-order chi connectivity index (χ1) is 23.0. The predicted octanol–water partition coefficient (Wildman–Crippen LogP) is 5.64. The summed E-state index contributed by atoms with van der Waals surface area (Å²) in [6, 6.07) is 0. The summed E-state index contributed by atoms with van der Waals surface area (Å²) in [7, 11) is 3.05. The Hall–Kier alpha value is -2.44. The number of aliphatic hydroxyl groups is 1. The fourth-order valence-electron chi connectivity index (χ4n) is 6.81. The number of hydrogen-bond acceptors (Lipinski definition) is 10. The minimum absolute atomic E-state index is 0.0954. The third-order valence-electron chi connectivity index (χ3n) is 9.79. The lowest BCUT2D eigenvalue weighted by Crippen LogP contribution is -2.59. The number of allylic oxidation sites excluding steroid dienone is 3. The second-order valence-electron chi connectivity index (χ2n) is 13.9. The van der Waals surface area contributed by atoms with Crippen molar-refractivity contribution in [3.63, 3.8) is 0 Å². The lowest BCUT2D eigenvalue weighted by molar-refractivity contribution is -0.304. The molecular formula is C37H61N3O8. The van der Waals surface area contributed by atoms with Crippen LogP contribution in [0.5, 0.6) is 0 Å². The van der Waals surface area contributed by atoms with E-state index >= 15 is 0 Å². The van der Waals surface area contributed by atoms with Crippen LogP contribution in [-0.2, 0) is 46.2 Å². The van der Waals surface area contributed by atoms with E-state index in [1.807, 2.05) is 43.8 Å². The van der Waals surface area contributed by atoms with Crippen molar-refractivity contribution in [1.29, 1.82) is 0 Å². The van der Waals surface area contributed by atoms with Gasteiger partial charge in [0, 0.05) is 45.2 Å². The number of aliphatic hydroxyl groups excluding tert-OH is 1. The Morgan fingerprint density at radius 3 is 2.50 bits per heavy atom. The second kappa shape index (κ2) is 20.3. The van der Waals surface area contributed by atoms with E-state index in [-0.39, 0.29) is 36.1 Å². The van der Waals surface area contributed by atoms with Crippen LogP contribution in [0.3, 0.4) is 0 Å². The smallest absolute Gasteiger partial charge is 0.306 e. The van der Waals surface area contributed by atoms with Crippen LogP contribution >= 0.6 is 0 Å². The molecule has 10 atom stereocenters. The van der Waals surface area contributed by atoms with E-state index in [1.165, 1.54) is 14.2 Å². The van der Waals surface area contributed by atoms with Crippen LogP contribution in [0.2, 0.25) is 0 Å². The number of ketones is 1. The highest BCUT2D eigenvalue weighted by Crippen LogP contribution is 2.30. The van der Waals surface area contributed by atoms with Gasteiger partial charge in [0.25, 0.3) is 0 Å². The number of cyclic esters (lactones) is 1. The number of unbranched alkanes of at least 4 members (excludes halogenated alkanes) is 1. The van der Waals surface area contributed by atoms with Gasteiger partial charge < -0.3 is 28.8 Å². The van der Waals surface area contributed by atoms with E-state index in [9.17, 15) is 14.7 Å². The molecule has 0 radical (unpaired) electrons. The number of aromatic nitrogens is 3. The monoisotopic (exact) mass is 675 g/mol. The summed E-state index contributed by atoms with van der Waals surface area (Å²) in [6.45, 7) is 13.0. The van der Waals surface area contributed by atoms with Crippen molar-refractivity contribution in [2.24, 2.45) is 23.7 Å². The number of nitrogens with zero attached hydrogens (tertiary/aromatic N) is 3. The van der Waals surface area contributed by atoms with Gasteiger partial charge in [0.1, 0.15) is 24.4 Å². The van der Waals surface area contributed by atoms with Crippen LogP contribution in [0, 0.1) is 23.7 Å². The summed E-state index contributed by atoms with van der Waals surface area (Å²) in [6.07, 6.45) is 11.0. The number of ether oxygens (including phenoxy) is 5. The third kappa shape index (κ3) is 12.2. The number of hydrogen-bond donors (Lipinski definition) is 1. The van der Waals surface area contributed by atoms with Crippen molar-refractivity contribution in [3.8, 4) is 0 Å². The number of esters is 1. The molecule has 2 unspecified atom stereocenters. The average Bonchev–Trinajstić information content (AvgIpc) is 3.53. The van der Waals surface area contributed by atoms with Crippen molar-refractivity contribution in [2.45, 2.75) is 143 Å². The van der Waals surface area contributed by atoms with Gasteiger partial charge in [0.15, 0.2) is 12.1 Å². The summed E-state index contributed by atoms with van der Waals surface area (Å²) < 4.78 is 31.4. The molecule has 0 saturated carbocycles. The summed E-state index contributed by atoms with van der Waals surface area (Å²) >= 11 is 0. The fraction of sp³-hybridized carbons (Fsp3) is 0.784. The molecule has 3 rings (SSSR count). The molecule has 1 aromatic heterocycles. The van der Waals surface area contributed by atoms with Crippen molar-refractivity contribution < 1.29 is 38.4 Å². The van der Waals surface area contributed by atoms with Gasteiger partial charge in [-0.3, -0.25) is 14.3 Å². The molecule has 0 spiro atoms. The zero-order valence-electron chi connectivity index (χ0n) is 30.5. The first kappa shape index (κ1) is 40.0. The van der Waals surface area contributed by atoms with Crippen LogP contribution in [0.15, 0.2) is 30.0 Å². The van der Waals surface area contributed by atoms with Gasteiger partial charge in [0.2, 0.25) is 0 Å². The van der Waals surface area contributed by atoms with Gasteiger partial charge in [-0.25, -0.2) is 0 Å². The number of carbonyl (C=O) groups excluding carboxylic acids is 2. The summed E-state index contributed by atoms with van der Waals surface area (Å²) in [5.41, 5.74) is 1.89. The van der Waals surface area contributed by atoms with Crippen molar-refractivity contribution >= 4 is 11.8 Å². The predicted molar refractivity (Wildman–Crippen MR) is 183 cm³/mol. The van der Waals surface area contributed by atoms with Crippen LogP contribution in [-0.4, -0.2) is 89.5 Å². The highest BCUT2D eigenvalue weighted by atomic mass is 16.7. The van der Waals surface area contributed by atoms with Crippen LogP contribution in [0.25, 0.3) is 0 Å². The second-order valence-corrected chi connectivity index (χ2v) is 13.9. The molecule has 11 nitrogen and oxygen atoms in total. The quantitative estimate of drug-likeness (QED) is 0.278. The lowest BCUT2D eigenvalue weighted by Gasteiger charge is -2.42. The van der Waals surface area contributed by atoms with Crippen molar-refractivity contribution in [2.75, 3.05) is 20.8 Å². The normalized spacial score (nSPS) is 34.7. The van der Waals surface area contributed by atoms with Gasteiger partial charge in [-0.05, 0) is 76.7 Å². The van der Waals surface area contributed by atoms with E-state index in [0.29, 0.717) is 25.2 Å². The van der Waals surface area contributed by atoms with Gasteiger partial charge in [0.05, 0.1) is 18.4 Å². The number of carbonyl (C=O) groups is 2. The van der Waals surface area contributed by atoms with E-state index < -0.39 is 36.8 Å². The maximum Gasteiger partial charge on any atom is 0.306 e. The third-order valence-corrected chi connectivity index (χ3v) is 9.79. The summed E-state index contributed by atoms with van der Waals surface area (Å²) in [5, 5.41) is 19.2. The molecule has 1 aromatic rings. The Labute approximate surface area is 287 Å². The molecular weight excluding hydrogens is 614 g/mol. The van der Waals surface area contributed by atoms with E-state index in [4.69, 9.17) is 23.7 Å². The Morgan fingerprint density at radius 2 is 1.81 bits per heavy atom. The molecule has 1 saturated heterocycles. The van der Waals surface area contributed by atoms with E-state index in [2.05, 4.69) is 24.2 Å². The van der Waals surface area contributed by atoms with Crippen molar-refractivity contribution in [1.82, 2.24) is 15.0 Å². The van der Waals surface area contributed by atoms with E-state index in [0.717, 1.165) is 56.3 Å². The topological polar surface area (TPSA) is 131 Å². The SMILES string of the molecule is CCCCc1cn(CC[C@@H]2C[C@@H](C)CCC(=O)O[C@H](CC)[C@@H](CO[C@@H]3OC(C)[C@@H](O)[C@H](OC)C3OC)/C=C(C)/C=C/C(=O)[C@H](C)C2)nn1. The maximum absolute atomic E-state index is 13.3. The van der Waals surface area contributed by atoms with Crippen LogP contribution < -0.4 is 0 Å². The standard InChI is InChI=1S/C37H61N3O8/c1-9-11-12-30-22-40(39-38-30)18-17-28-19-24(3)14-16-33(42)48-32(10-2)29(20-25(4)13-15-31(41)26(5)21-28)23-46-37-36(45-8)35(44-7)34(43)27(6)47-37/h13,15,20,22,24,26-29,32,34-37,43H,9-12,14,16-19,21,23H2,1-8H3/b15-13+,25-20+/t24-,26+,27?,28+,29+,32+,34+,35-,36?,37+/m0/s1. The Morgan fingerprint density at radius 1 is 1.06 bits per heavy atom. The lowest BCUT2D eigenvalue weighted by atomic mass is 9.83. The highest BCUT2D eigenvalue weighted by molar-refractivity contribution is 5.91. The molecule has 3 heterocycles.